The summed E-state index contributed by atoms with van der Waals surface area (Å²) in [6, 6.07) is 0.426. The SMILES string of the molecule is CC(C)(C)OC(=O)NC(COc1ccc(F)cc1C=O)C(F)(F)F. The van der Waals surface area contributed by atoms with Crippen LogP contribution < -0.4 is 10.1 Å². The zero-order chi connectivity index (χ0) is 18.5. The zero-order valence-electron chi connectivity index (χ0n) is 13.2. The highest BCUT2D eigenvalue weighted by Crippen LogP contribution is 2.23. The van der Waals surface area contributed by atoms with Crippen LogP contribution in [0.4, 0.5) is 22.4 Å². The predicted molar refractivity (Wildman–Crippen MR) is 76.5 cm³/mol. The van der Waals surface area contributed by atoms with Gasteiger partial charge >= 0.3 is 12.3 Å². The number of hydrogen-bond donors (Lipinski definition) is 1. The van der Waals surface area contributed by atoms with E-state index in [0.717, 1.165) is 18.2 Å². The van der Waals surface area contributed by atoms with Crippen molar-refractivity contribution >= 4 is 12.4 Å². The van der Waals surface area contributed by atoms with Gasteiger partial charge in [0.2, 0.25) is 0 Å². The lowest BCUT2D eigenvalue weighted by Crippen LogP contribution is -2.50. The maximum absolute atomic E-state index is 13.0. The van der Waals surface area contributed by atoms with Crippen LogP contribution in [0, 0.1) is 5.82 Å². The number of aldehydes is 1. The first-order valence-corrected chi connectivity index (χ1v) is 6.86. The Labute approximate surface area is 135 Å². The van der Waals surface area contributed by atoms with E-state index in [1.807, 2.05) is 0 Å². The summed E-state index contributed by atoms with van der Waals surface area (Å²) >= 11 is 0. The molecule has 1 amide bonds. The number of carbonyl (C=O) groups excluding carboxylic acids is 2. The van der Waals surface area contributed by atoms with Crippen LogP contribution in [-0.4, -0.2) is 36.8 Å². The standard InChI is InChI=1S/C15H17F4NO4/c1-14(2,3)24-13(22)20-12(15(17,18)19)8-23-11-5-4-10(16)6-9(11)7-21/h4-7,12H,8H2,1-3H3,(H,20,22). The number of carbonyl (C=O) groups is 2. The van der Waals surface area contributed by atoms with Crippen molar-refractivity contribution in [2.75, 3.05) is 6.61 Å². The molecule has 0 aliphatic rings. The van der Waals surface area contributed by atoms with Crippen LogP contribution in [0.5, 0.6) is 5.75 Å². The van der Waals surface area contributed by atoms with Gasteiger partial charge in [-0.25, -0.2) is 9.18 Å². The van der Waals surface area contributed by atoms with Gasteiger partial charge < -0.3 is 14.8 Å². The molecule has 1 aromatic carbocycles. The van der Waals surface area contributed by atoms with Crippen LogP contribution in [0.1, 0.15) is 31.1 Å². The van der Waals surface area contributed by atoms with Gasteiger partial charge in [-0.05, 0) is 39.0 Å². The Balaban J connectivity index is 2.81. The van der Waals surface area contributed by atoms with E-state index in [2.05, 4.69) is 0 Å². The summed E-state index contributed by atoms with van der Waals surface area (Å²) < 4.78 is 61.6. The molecule has 0 radical (unpaired) electrons. The molecule has 0 saturated carbocycles. The number of ether oxygens (including phenoxy) is 2. The van der Waals surface area contributed by atoms with Crippen LogP contribution in [-0.2, 0) is 4.74 Å². The summed E-state index contributed by atoms with van der Waals surface area (Å²) in [6.07, 6.45) is -5.82. The molecule has 24 heavy (non-hydrogen) atoms. The van der Waals surface area contributed by atoms with E-state index in [1.165, 1.54) is 20.8 Å². The van der Waals surface area contributed by atoms with E-state index in [0.29, 0.717) is 0 Å². The lowest BCUT2D eigenvalue weighted by atomic mass is 10.2. The highest BCUT2D eigenvalue weighted by Gasteiger charge is 2.42. The molecular weight excluding hydrogens is 334 g/mol. The molecule has 1 aromatic rings. The van der Waals surface area contributed by atoms with E-state index < -0.39 is 36.3 Å². The van der Waals surface area contributed by atoms with Crippen molar-refractivity contribution < 1.29 is 36.6 Å². The van der Waals surface area contributed by atoms with Crippen molar-refractivity contribution in [1.82, 2.24) is 5.32 Å². The van der Waals surface area contributed by atoms with Gasteiger partial charge in [-0.2, -0.15) is 13.2 Å². The summed E-state index contributed by atoms with van der Waals surface area (Å²) in [6.45, 7) is 3.50. The Hall–Kier alpha value is -2.32. The van der Waals surface area contributed by atoms with Crippen LogP contribution >= 0.6 is 0 Å². The van der Waals surface area contributed by atoms with Crippen molar-refractivity contribution in [2.45, 2.75) is 38.6 Å². The lowest BCUT2D eigenvalue weighted by molar-refractivity contribution is -0.161. The highest BCUT2D eigenvalue weighted by molar-refractivity contribution is 5.79. The third-order valence-corrected chi connectivity index (χ3v) is 2.59. The first-order chi connectivity index (χ1) is 10.9. The van der Waals surface area contributed by atoms with E-state index in [9.17, 15) is 27.2 Å². The normalized spacial score (nSPS) is 13.1. The van der Waals surface area contributed by atoms with Crippen molar-refractivity contribution in [3.8, 4) is 5.75 Å². The predicted octanol–water partition coefficient (Wildman–Crippen LogP) is 3.47. The Morgan fingerprint density at radius 3 is 2.42 bits per heavy atom. The molecule has 1 rings (SSSR count). The molecule has 0 heterocycles. The molecular formula is C15H17F4NO4. The molecule has 0 aliphatic carbocycles. The first kappa shape index (κ1) is 19.7. The average Bonchev–Trinajstić information content (AvgIpc) is 2.41. The van der Waals surface area contributed by atoms with E-state index in [-0.39, 0.29) is 17.6 Å². The molecule has 0 aromatic heterocycles. The van der Waals surface area contributed by atoms with E-state index in [4.69, 9.17) is 9.47 Å². The molecule has 0 aliphatic heterocycles. The third kappa shape index (κ3) is 6.43. The molecule has 134 valence electrons. The number of nitrogens with one attached hydrogen (secondary N) is 1. The minimum absolute atomic E-state index is 0.230. The molecule has 5 nitrogen and oxygen atoms in total. The van der Waals surface area contributed by atoms with Gasteiger partial charge in [0.25, 0.3) is 0 Å². The van der Waals surface area contributed by atoms with Crippen molar-refractivity contribution in [3.05, 3.63) is 29.6 Å². The fourth-order valence-corrected chi connectivity index (χ4v) is 1.58. The van der Waals surface area contributed by atoms with Crippen LogP contribution in [0.25, 0.3) is 0 Å². The molecule has 9 heteroatoms. The number of alkyl halides is 3. The summed E-state index contributed by atoms with van der Waals surface area (Å²) in [4.78, 5) is 22.3. The highest BCUT2D eigenvalue weighted by atomic mass is 19.4. The number of amides is 1. The monoisotopic (exact) mass is 351 g/mol. The van der Waals surface area contributed by atoms with Gasteiger partial charge in [0.05, 0.1) is 5.56 Å². The van der Waals surface area contributed by atoms with Gasteiger partial charge in [0.1, 0.15) is 23.8 Å². The minimum atomic E-state index is -4.81. The zero-order valence-corrected chi connectivity index (χ0v) is 13.2. The Bertz CT molecular complexity index is 596. The smallest absolute Gasteiger partial charge is 0.412 e. The number of benzene rings is 1. The lowest BCUT2D eigenvalue weighted by Gasteiger charge is -2.25. The second kappa shape index (κ2) is 7.50. The quantitative estimate of drug-likeness (QED) is 0.652. The van der Waals surface area contributed by atoms with Gasteiger partial charge in [-0.3, -0.25) is 4.79 Å². The Morgan fingerprint density at radius 1 is 1.29 bits per heavy atom. The summed E-state index contributed by atoms with van der Waals surface area (Å²) in [5, 5.41) is 1.66. The fourth-order valence-electron chi connectivity index (χ4n) is 1.58. The second-order valence-corrected chi connectivity index (χ2v) is 5.85. The molecule has 0 saturated heterocycles. The van der Waals surface area contributed by atoms with Gasteiger partial charge in [0.15, 0.2) is 12.3 Å². The third-order valence-electron chi connectivity index (χ3n) is 2.59. The van der Waals surface area contributed by atoms with Crippen molar-refractivity contribution in [2.24, 2.45) is 0 Å². The van der Waals surface area contributed by atoms with Crippen molar-refractivity contribution in [1.29, 1.82) is 0 Å². The van der Waals surface area contributed by atoms with Gasteiger partial charge in [-0.15, -0.1) is 0 Å². The molecule has 1 atom stereocenters. The van der Waals surface area contributed by atoms with E-state index in [1.54, 1.807) is 5.32 Å². The van der Waals surface area contributed by atoms with Crippen molar-refractivity contribution in [3.63, 3.8) is 0 Å². The molecule has 1 unspecified atom stereocenters. The summed E-state index contributed by atoms with van der Waals surface area (Å²) in [5.41, 5.74) is -1.21. The van der Waals surface area contributed by atoms with E-state index >= 15 is 0 Å². The van der Waals surface area contributed by atoms with Gasteiger partial charge in [-0.1, -0.05) is 0 Å². The average molecular weight is 351 g/mol. The summed E-state index contributed by atoms with van der Waals surface area (Å²) in [7, 11) is 0. The molecule has 0 bridgehead atoms. The number of rotatable bonds is 5. The van der Waals surface area contributed by atoms with Crippen LogP contribution in [0.3, 0.4) is 0 Å². The molecule has 0 fully saturated rings. The number of halogens is 4. The maximum Gasteiger partial charge on any atom is 0.412 e. The first-order valence-electron chi connectivity index (χ1n) is 6.86. The molecule has 1 N–H and O–H groups in total. The maximum atomic E-state index is 13.0. The number of alkyl carbamates (subject to hydrolysis) is 1. The Kier molecular flexibility index (Phi) is 6.16. The second-order valence-electron chi connectivity index (χ2n) is 5.85. The number of hydrogen-bond acceptors (Lipinski definition) is 4. The van der Waals surface area contributed by atoms with Crippen LogP contribution in [0.15, 0.2) is 18.2 Å². The minimum Gasteiger partial charge on any atom is -0.490 e. The van der Waals surface area contributed by atoms with Gasteiger partial charge in [0, 0.05) is 0 Å². The topological polar surface area (TPSA) is 64.6 Å². The molecule has 0 spiro atoms. The Morgan fingerprint density at radius 2 is 1.92 bits per heavy atom. The largest absolute Gasteiger partial charge is 0.490 e. The van der Waals surface area contributed by atoms with Crippen LogP contribution in [0.2, 0.25) is 0 Å². The summed E-state index contributed by atoms with van der Waals surface area (Å²) in [5.74, 6) is -0.963. The fraction of sp³-hybridized carbons (Fsp3) is 0.467.